The molecule has 288 valence electrons. The summed E-state index contributed by atoms with van der Waals surface area (Å²) in [6, 6.07) is 0. The van der Waals surface area contributed by atoms with E-state index in [-0.39, 0.29) is 31.8 Å². The lowest BCUT2D eigenvalue weighted by molar-refractivity contribution is -0.157. The minimum Gasteiger partial charge on any atom is -0.465 e. The number of carbonyl (C=O) groups is 2. The zero-order chi connectivity index (χ0) is 36.1. The second kappa shape index (κ2) is 36.1. The highest BCUT2D eigenvalue weighted by atomic mass is 16.5. The minimum atomic E-state index is -0.819. The quantitative estimate of drug-likeness (QED) is 0.0397. The summed E-state index contributed by atoms with van der Waals surface area (Å²) < 4.78 is 11.2. The molecule has 0 saturated carbocycles. The first-order valence-electron chi connectivity index (χ1n) is 20.8. The number of carbonyl (C=O) groups excluding carboxylic acids is 2. The maximum Gasteiger partial charge on any atom is 0.305 e. The highest BCUT2D eigenvalue weighted by Gasteiger charge is 2.34. The van der Waals surface area contributed by atoms with Gasteiger partial charge in [-0.2, -0.15) is 0 Å². The van der Waals surface area contributed by atoms with Gasteiger partial charge < -0.3 is 19.5 Å². The molecule has 0 saturated heterocycles. The van der Waals surface area contributed by atoms with Gasteiger partial charge in [-0.25, -0.2) is 0 Å². The van der Waals surface area contributed by atoms with Gasteiger partial charge in [-0.1, -0.05) is 141 Å². The van der Waals surface area contributed by atoms with Gasteiger partial charge in [-0.05, 0) is 78.3 Å². The maximum absolute atomic E-state index is 12.5. The number of unbranched alkanes of at least 4 members (excludes halogenated alkanes) is 22. The van der Waals surface area contributed by atoms with Crippen LogP contribution in [0.15, 0.2) is 24.3 Å². The van der Waals surface area contributed by atoms with Gasteiger partial charge in [0, 0.05) is 19.4 Å². The summed E-state index contributed by atoms with van der Waals surface area (Å²) in [6.07, 6.45) is 41.8. The average Bonchev–Trinajstić information content (AvgIpc) is 3.09. The summed E-state index contributed by atoms with van der Waals surface area (Å²) in [5.74, 6) is -0.484. The molecule has 49 heavy (non-hydrogen) atoms. The molecule has 0 spiro atoms. The van der Waals surface area contributed by atoms with Crippen LogP contribution in [0.4, 0.5) is 0 Å². The molecule has 0 bridgehead atoms. The van der Waals surface area contributed by atoms with E-state index in [1.807, 2.05) is 19.0 Å². The van der Waals surface area contributed by atoms with Crippen LogP contribution in [0.3, 0.4) is 0 Å². The highest BCUT2D eigenvalue weighted by Crippen LogP contribution is 2.21. The van der Waals surface area contributed by atoms with E-state index in [1.165, 1.54) is 116 Å². The Balaban J connectivity index is 4.02. The van der Waals surface area contributed by atoms with Gasteiger partial charge in [0.05, 0.1) is 12.0 Å². The Kier molecular flexibility index (Phi) is 34.9. The van der Waals surface area contributed by atoms with Gasteiger partial charge >= 0.3 is 11.9 Å². The van der Waals surface area contributed by atoms with Gasteiger partial charge in [0.1, 0.15) is 13.2 Å². The predicted octanol–water partition coefficient (Wildman–Crippen LogP) is 11.7. The smallest absolute Gasteiger partial charge is 0.305 e. The molecule has 0 aromatic heterocycles. The van der Waals surface area contributed by atoms with Crippen LogP contribution in [0.1, 0.15) is 194 Å². The fourth-order valence-electron chi connectivity index (χ4n) is 6.24. The van der Waals surface area contributed by atoms with Crippen molar-refractivity contribution in [3.63, 3.8) is 0 Å². The Morgan fingerprint density at radius 2 is 0.816 bits per heavy atom. The van der Waals surface area contributed by atoms with Crippen LogP contribution in [0, 0.1) is 5.41 Å². The Hall–Kier alpha value is -1.66. The minimum absolute atomic E-state index is 0.0479. The highest BCUT2D eigenvalue weighted by molar-refractivity contribution is 5.69. The van der Waals surface area contributed by atoms with Gasteiger partial charge in [0.25, 0.3) is 0 Å². The lowest BCUT2D eigenvalue weighted by Crippen LogP contribution is -2.45. The molecular weight excluding hydrogens is 610 g/mol. The van der Waals surface area contributed by atoms with Gasteiger partial charge in [0.2, 0.25) is 0 Å². The number of hydrogen-bond donors (Lipinski definition) is 1. The fourth-order valence-corrected chi connectivity index (χ4v) is 6.24. The van der Waals surface area contributed by atoms with E-state index in [0.717, 1.165) is 51.4 Å². The molecule has 0 aliphatic rings. The molecule has 0 radical (unpaired) electrons. The standard InChI is InChI=1S/C43H81NO5/c1-5-7-9-11-13-15-17-19-21-23-25-27-29-31-33-35-41(46)48-39-43(38-45,37-44(3)4)40-49-42(47)36-34-32-30-28-26-24-22-20-18-16-14-12-10-8-6-2/h19-22,45H,5-18,23-40H2,1-4H3/b21-19-,22-20-. The van der Waals surface area contributed by atoms with Crippen molar-refractivity contribution in [1.82, 2.24) is 4.90 Å². The number of hydrogen-bond acceptors (Lipinski definition) is 6. The SMILES string of the molecule is CCCCCCCC/C=C\CCCCCCCC(=O)OCC(CO)(COC(=O)CCCCCCC/C=C\CCCCCCCC)CN(C)C. The second-order valence-electron chi connectivity index (χ2n) is 14.9. The molecule has 0 aromatic rings. The van der Waals surface area contributed by atoms with E-state index in [2.05, 4.69) is 38.2 Å². The van der Waals surface area contributed by atoms with Crippen LogP contribution in [0.5, 0.6) is 0 Å². The number of rotatable bonds is 37. The monoisotopic (exact) mass is 692 g/mol. The first-order chi connectivity index (χ1) is 23.9. The van der Waals surface area contributed by atoms with E-state index in [9.17, 15) is 14.7 Å². The van der Waals surface area contributed by atoms with Crippen molar-refractivity contribution in [1.29, 1.82) is 0 Å². The summed E-state index contributed by atoms with van der Waals surface area (Å²) in [5.41, 5.74) is -0.819. The third-order valence-corrected chi connectivity index (χ3v) is 9.35. The zero-order valence-electron chi connectivity index (χ0n) is 33.0. The Morgan fingerprint density at radius 3 is 1.12 bits per heavy atom. The first kappa shape index (κ1) is 47.3. The summed E-state index contributed by atoms with van der Waals surface area (Å²) in [7, 11) is 3.82. The van der Waals surface area contributed by atoms with Crippen molar-refractivity contribution in [2.24, 2.45) is 5.41 Å². The average molecular weight is 692 g/mol. The van der Waals surface area contributed by atoms with Crippen LogP contribution in [-0.2, 0) is 19.1 Å². The molecule has 0 heterocycles. The molecule has 0 rings (SSSR count). The van der Waals surface area contributed by atoms with Crippen molar-refractivity contribution in [3.8, 4) is 0 Å². The van der Waals surface area contributed by atoms with E-state index in [1.54, 1.807) is 0 Å². The lowest BCUT2D eigenvalue weighted by atomic mass is 9.90. The van der Waals surface area contributed by atoms with Crippen LogP contribution in [0.2, 0.25) is 0 Å². The van der Waals surface area contributed by atoms with E-state index in [0.29, 0.717) is 19.4 Å². The molecule has 0 aliphatic heterocycles. The van der Waals surface area contributed by atoms with Gasteiger partial charge in [0.15, 0.2) is 0 Å². The topological polar surface area (TPSA) is 76.1 Å². The Bertz CT molecular complexity index is 737. The molecule has 1 N–H and O–H groups in total. The predicted molar refractivity (Wildman–Crippen MR) is 209 cm³/mol. The number of aliphatic hydroxyl groups excluding tert-OH is 1. The van der Waals surface area contributed by atoms with E-state index < -0.39 is 5.41 Å². The second-order valence-corrected chi connectivity index (χ2v) is 14.9. The first-order valence-corrected chi connectivity index (χ1v) is 20.8. The maximum atomic E-state index is 12.5. The fraction of sp³-hybridized carbons (Fsp3) is 0.860. The molecule has 0 aromatic carbocycles. The summed E-state index contributed by atoms with van der Waals surface area (Å²) in [5, 5.41) is 10.3. The summed E-state index contributed by atoms with van der Waals surface area (Å²) in [4.78, 5) is 26.9. The van der Waals surface area contributed by atoms with Crippen LogP contribution in [-0.4, -0.2) is 62.4 Å². The molecule has 0 unspecified atom stereocenters. The number of nitrogens with zero attached hydrogens (tertiary/aromatic N) is 1. The normalized spacial score (nSPS) is 12.1. The van der Waals surface area contributed by atoms with Gasteiger partial charge in [-0.15, -0.1) is 0 Å². The Morgan fingerprint density at radius 1 is 0.510 bits per heavy atom. The summed E-state index contributed by atoms with van der Waals surface area (Å²) in [6.45, 7) is 4.87. The molecule has 0 amide bonds. The van der Waals surface area contributed by atoms with E-state index >= 15 is 0 Å². The lowest BCUT2D eigenvalue weighted by Gasteiger charge is -2.33. The van der Waals surface area contributed by atoms with Crippen molar-refractivity contribution in [2.45, 2.75) is 194 Å². The van der Waals surface area contributed by atoms with E-state index in [4.69, 9.17) is 9.47 Å². The van der Waals surface area contributed by atoms with Crippen LogP contribution < -0.4 is 0 Å². The summed E-state index contributed by atoms with van der Waals surface area (Å²) >= 11 is 0. The van der Waals surface area contributed by atoms with Crippen molar-refractivity contribution < 1.29 is 24.2 Å². The molecule has 6 nitrogen and oxygen atoms in total. The van der Waals surface area contributed by atoms with Crippen molar-refractivity contribution >= 4 is 11.9 Å². The molecule has 6 heteroatoms. The number of esters is 2. The third kappa shape index (κ3) is 33.3. The molecule has 0 fully saturated rings. The largest absolute Gasteiger partial charge is 0.465 e. The van der Waals surface area contributed by atoms with Crippen LogP contribution in [0.25, 0.3) is 0 Å². The molecule has 0 atom stereocenters. The number of allylic oxidation sites excluding steroid dienone is 4. The number of aliphatic hydroxyl groups is 1. The number of ether oxygens (including phenoxy) is 2. The molecule has 0 aliphatic carbocycles. The Labute approximate surface area is 304 Å². The van der Waals surface area contributed by atoms with Crippen LogP contribution >= 0.6 is 0 Å². The van der Waals surface area contributed by atoms with Crippen molar-refractivity contribution in [2.75, 3.05) is 40.5 Å². The third-order valence-electron chi connectivity index (χ3n) is 9.35. The van der Waals surface area contributed by atoms with Crippen molar-refractivity contribution in [3.05, 3.63) is 24.3 Å². The molecular formula is C43H81NO5. The zero-order valence-corrected chi connectivity index (χ0v) is 33.0. The van der Waals surface area contributed by atoms with Gasteiger partial charge in [-0.3, -0.25) is 9.59 Å².